The van der Waals surface area contributed by atoms with E-state index in [0.29, 0.717) is 5.52 Å². The van der Waals surface area contributed by atoms with Crippen LogP contribution in [0.5, 0.6) is 0 Å². The molecule has 110 valence electrons. The van der Waals surface area contributed by atoms with Crippen molar-refractivity contribution in [3.63, 3.8) is 0 Å². The second-order valence-electron chi connectivity index (χ2n) is 5.36. The number of aromatic nitrogens is 1. The number of nitro groups is 1. The third-order valence-corrected chi connectivity index (χ3v) is 3.94. The fourth-order valence-corrected chi connectivity index (χ4v) is 2.79. The molecule has 0 aliphatic rings. The molecule has 3 aromatic carbocycles. The number of benzene rings is 3. The molecule has 0 N–H and O–H groups in total. The fraction of sp³-hybridized carbons (Fsp3) is 0. The third-order valence-electron chi connectivity index (χ3n) is 3.94. The van der Waals surface area contributed by atoms with E-state index in [1.165, 1.54) is 6.07 Å². The molecule has 4 rings (SSSR count). The van der Waals surface area contributed by atoms with E-state index < -0.39 is 0 Å². The molecule has 23 heavy (non-hydrogen) atoms. The highest BCUT2D eigenvalue weighted by atomic mass is 16.6. The molecule has 0 atom stereocenters. The lowest BCUT2D eigenvalue weighted by Gasteiger charge is -2.05. The highest BCUT2D eigenvalue weighted by Gasteiger charge is 2.13. The molecular weight excluding hydrogens is 288 g/mol. The lowest BCUT2D eigenvalue weighted by molar-refractivity contribution is -0.383. The predicted octanol–water partition coefficient (Wildman–Crippen LogP) is 4.96. The molecule has 0 aliphatic carbocycles. The summed E-state index contributed by atoms with van der Waals surface area (Å²) in [5.74, 6) is 0. The molecule has 0 amide bonds. The van der Waals surface area contributed by atoms with Crippen LogP contribution in [0.25, 0.3) is 32.9 Å². The van der Waals surface area contributed by atoms with Gasteiger partial charge < -0.3 is 0 Å². The monoisotopic (exact) mass is 300 g/mol. The Morgan fingerprint density at radius 2 is 1.52 bits per heavy atom. The van der Waals surface area contributed by atoms with Crippen molar-refractivity contribution in [3.05, 3.63) is 82.9 Å². The summed E-state index contributed by atoms with van der Waals surface area (Å²) in [5, 5.41) is 14.2. The number of hydrogen-bond donors (Lipinski definition) is 0. The zero-order valence-corrected chi connectivity index (χ0v) is 12.1. The molecule has 4 aromatic rings. The molecule has 0 unspecified atom stereocenters. The molecular formula is C19H12N2O2. The number of para-hydroxylation sites is 1. The Hall–Kier alpha value is -3.27. The summed E-state index contributed by atoms with van der Waals surface area (Å²) in [6.45, 7) is 0. The first kappa shape index (κ1) is 13.4. The normalized spacial score (nSPS) is 11.0. The standard InChI is InChI=1S/C19H12N2O2/c22-21(23)18-7-3-6-14-10-11-17(20-19(14)18)16-9-8-13-4-1-2-5-15(13)12-16/h1-12H. The van der Waals surface area contributed by atoms with Gasteiger partial charge in [-0.1, -0.05) is 54.6 Å². The highest BCUT2D eigenvalue weighted by Crippen LogP contribution is 2.28. The molecule has 1 aromatic heterocycles. The number of non-ortho nitro benzene ring substituents is 1. The minimum Gasteiger partial charge on any atom is -0.258 e. The van der Waals surface area contributed by atoms with Crippen LogP contribution in [0.3, 0.4) is 0 Å². The topological polar surface area (TPSA) is 56.0 Å². The Kier molecular flexibility index (Phi) is 3.01. The molecule has 0 bridgehead atoms. The van der Waals surface area contributed by atoms with Crippen LogP contribution in [0.1, 0.15) is 0 Å². The van der Waals surface area contributed by atoms with Crippen molar-refractivity contribution in [2.45, 2.75) is 0 Å². The minimum atomic E-state index is -0.389. The van der Waals surface area contributed by atoms with E-state index in [2.05, 4.69) is 17.1 Å². The van der Waals surface area contributed by atoms with Crippen molar-refractivity contribution in [1.82, 2.24) is 4.98 Å². The molecule has 1 heterocycles. The fourth-order valence-electron chi connectivity index (χ4n) is 2.79. The van der Waals surface area contributed by atoms with E-state index in [1.807, 2.05) is 48.5 Å². The second kappa shape index (κ2) is 5.18. The van der Waals surface area contributed by atoms with Crippen molar-refractivity contribution in [1.29, 1.82) is 0 Å². The van der Waals surface area contributed by atoms with Gasteiger partial charge in [0.25, 0.3) is 5.69 Å². The van der Waals surface area contributed by atoms with E-state index in [4.69, 9.17) is 0 Å². The first-order valence-electron chi connectivity index (χ1n) is 7.26. The van der Waals surface area contributed by atoms with E-state index in [1.54, 1.807) is 6.07 Å². The lowest BCUT2D eigenvalue weighted by Crippen LogP contribution is -1.93. The van der Waals surface area contributed by atoms with E-state index >= 15 is 0 Å². The zero-order chi connectivity index (χ0) is 15.8. The molecule has 0 aliphatic heterocycles. The zero-order valence-electron chi connectivity index (χ0n) is 12.1. The molecule has 0 fully saturated rings. The first-order chi connectivity index (χ1) is 11.2. The summed E-state index contributed by atoms with van der Waals surface area (Å²) >= 11 is 0. The summed E-state index contributed by atoms with van der Waals surface area (Å²) in [6, 6.07) is 22.9. The van der Waals surface area contributed by atoms with Crippen molar-refractivity contribution in [3.8, 4) is 11.3 Å². The number of hydrogen-bond acceptors (Lipinski definition) is 3. The Morgan fingerprint density at radius 3 is 2.35 bits per heavy atom. The number of nitro benzene ring substituents is 1. The van der Waals surface area contributed by atoms with E-state index in [-0.39, 0.29) is 10.6 Å². The van der Waals surface area contributed by atoms with E-state index in [9.17, 15) is 10.1 Å². The summed E-state index contributed by atoms with van der Waals surface area (Å²) in [7, 11) is 0. The van der Waals surface area contributed by atoms with Gasteiger partial charge in [0.1, 0.15) is 5.52 Å². The maximum absolute atomic E-state index is 11.2. The average Bonchev–Trinajstić information content (AvgIpc) is 2.60. The third kappa shape index (κ3) is 2.30. The van der Waals surface area contributed by atoms with Crippen LogP contribution in [-0.4, -0.2) is 9.91 Å². The summed E-state index contributed by atoms with van der Waals surface area (Å²) in [5.41, 5.74) is 2.13. The number of rotatable bonds is 2. The van der Waals surface area contributed by atoms with E-state index in [0.717, 1.165) is 27.4 Å². The minimum absolute atomic E-state index is 0.0325. The van der Waals surface area contributed by atoms with Crippen LogP contribution in [-0.2, 0) is 0 Å². The van der Waals surface area contributed by atoms with Gasteiger partial charge in [0, 0.05) is 17.0 Å². The maximum atomic E-state index is 11.2. The molecule has 0 saturated carbocycles. The quantitative estimate of drug-likeness (QED) is 0.388. The van der Waals surface area contributed by atoms with Crippen LogP contribution < -0.4 is 0 Å². The second-order valence-corrected chi connectivity index (χ2v) is 5.36. The number of nitrogens with zero attached hydrogens (tertiary/aromatic N) is 2. The highest BCUT2D eigenvalue weighted by molar-refractivity contribution is 5.91. The average molecular weight is 300 g/mol. The molecule has 0 saturated heterocycles. The Labute approximate surface area is 132 Å². The van der Waals surface area contributed by atoms with Gasteiger partial charge in [0.2, 0.25) is 0 Å². The van der Waals surface area contributed by atoms with Crippen LogP contribution in [0, 0.1) is 10.1 Å². The van der Waals surface area contributed by atoms with Gasteiger partial charge >= 0.3 is 0 Å². The van der Waals surface area contributed by atoms with Gasteiger partial charge in [0.15, 0.2) is 0 Å². The molecule has 0 radical (unpaired) electrons. The summed E-state index contributed by atoms with van der Waals surface area (Å²) in [6.07, 6.45) is 0. The lowest BCUT2D eigenvalue weighted by atomic mass is 10.0. The van der Waals surface area contributed by atoms with Crippen molar-refractivity contribution in [2.75, 3.05) is 0 Å². The number of pyridine rings is 1. The Bertz CT molecular complexity index is 1060. The predicted molar refractivity (Wildman–Crippen MR) is 91.3 cm³/mol. The Balaban J connectivity index is 1.93. The molecule has 0 spiro atoms. The van der Waals surface area contributed by atoms with Gasteiger partial charge in [-0.05, 0) is 22.9 Å². The Morgan fingerprint density at radius 1 is 0.783 bits per heavy atom. The molecule has 4 heteroatoms. The van der Waals surface area contributed by atoms with Gasteiger partial charge in [-0.3, -0.25) is 10.1 Å². The van der Waals surface area contributed by atoms with Crippen LogP contribution >= 0.6 is 0 Å². The largest absolute Gasteiger partial charge is 0.295 e. The maximum Gasteiger partial charge on any atom is 0.295 e. The first-order valence-corrected chi connectivity index (χ1v) is 7.26. The van der Waals surface area contributed by atoms with Crippen LogP contribution in [0.4, 0.5) is 5.69 Å². The van der Waals surface area contributed by atoms with Crippen molar-refractivity contribution >= 4 is 27.4 Å². The van der Waals surface area contributed by atoms with Gasteiger partial charge in [-0.25, -0.2) is 4.98 Å². The SMILES string of the molecule is O=[N+]([O-])c1cccc2ccc(-c3ccc4ccccc4c3)nc12. The molecule has 4 nitrogen and oxygen atoms in total. The number of fused-ring (bicyclic) bond motifs is 2. The van der Waals surface area contributed by atoms with Gasteiger partial charge in [-0.2, -0.15) is 0 Å². The van der Waals surface area contributed by atoms with Crippen molar-refractivity contribution < 1.29 is 4.92 Å². The summed E-state index contributed by atoms with van der Waals surface area (Å²) < 4.78 is 0. The van der Waals surface area contributed by atoms with Crippen LogP contribution in [0.15, 0.2) is 72.8 Å². The summed E-state index contributed by atoms with van der Waals surface area (Å²) in [4.78, 5) is 15.3. The van der Waals surface area contributed by atoms with Crippen molar-refractivity contribution in [2.24, 2.45) is 0 Å². The van der Waals surface area contributed by atoms with Crippen LogP contribution in [0.2, 0.25) is 0 Å². The smallest absolute Gasteiger partial charge is 0.258 e. The van der Waals surface area contributed by atoms with Gasteiger partial charge in [-0.15, -0.1) is 0 Å². The van der Waals surface area contributed by atoms with Gasteiger partial charge in [0.05, 0.1) is 10.6 Å².